The summed E-state index contributed by atoms with van der Waals surface area (Å²) in [6.45, 7) is 0. The highest BCUT2D eigenvalue weighted by Gasteiger charge is 1.95. The van der Waals surface area contributed by atoms with E-state index >= 15 is 0 Å². The molecule has 48 valence electrons. The van der Waals surface area contributed by atoms with Gasteiger partial charge in [0.05, 0.1) is 0 Å². The average molecular weight is 127 g/mol. The van der Waals surface area contributed by atoms with Gasteiger partial charge in [-0.05, 0) is 12.1 Å². The standard InChI is InChI=1S/C5H6FN3/c6-5-4(9-7)2-1-3-8-5/h1-3,9H,7H2. The normalized spacial score (nSPS) is 9.11. The molecular formula is C5H6FN3. The maximum atomic E-state index is 12.3. The average Bonchev–Trinajstić information content (AvgIpc) is 1.89. The van der Waals surface area contributed by atoms with Gasteiger partial charge >= 0.3 is 0 Å². The first-order valence-electron chi connectivity index (χ1n) is 2.41. The molecule has 4 heteroatoms. The van der Waals surface area contributed by atoms with Crippen LogP contribution < -0.4 is 11.3 Å². The van der Waals surface area contributed by atoms with Gasteiger partial charge in [-0.3, -0.25) is 5.84 Å². The molecule has 9 heavy (non-hydrogen) atoms. The Balaban J connectivity index is 3.01. The molecule has 1 aromatic rings. The molecule has 0 saturated heterocycles. The Morgan fingerprint density at radius 1 is 1.67 bits per heavy atom. The number of rotatable bonds is 1. The van der Waals surface area contributed by atoms with E-state index < -0.39 is 5.95 Å². The van der Waals surface area contributed by atoms with Crippen LogP contribution in [0.2, 0.25) is 0 Å². The molecule has 0 unspecified atom stereocenters. The first-order valence-corrected chi connectivity index (χ1v) is 2.41. The first-order chi connectivity index (χ1) is 4.34. The Morgan fingerprint density at radius 3 is 2.89 bits per heavy atom. The number of halogens is 1. The van der Waals surface area contributed by atoms with Crippen LogP contribution in [0.25, 0.3) is 0 Å². The van der Waals surface area contributed by atoms with Crippen molar-refractivity contribution in [2.24, 2.45) is 5.84 Å². The topological polar surface area (TPSA) is 50.9 Å². The molecule has 0 saturated carbocycles. The van der Waals surface area contributed by atoms with Crippen LogP contribution in [0.1, 0.15) is 0 Å². The molecule has 0 aliphatic heterocycles. The van der Waals surface area contributed by atoms with Gasteiger partial charge in [-0.2, -0.15) is 4.39 Å². The van der Waals surface area contributed by atoms with Crippen molar-refractivity contribution in [2.45, 2.75) is 0 Å². The van der Waals surface area contributed by atoms with Crippen molar-refractivity contribution in [1.82, 2.24) is 4.98 Å². The summed E-state index contributed by atoms with van der Waals surface area (Å²) in [6.07, 6.45) is 1.36. The number of nitrogens with one attached hydrogen (secondary N) is 1. The number of nitrogens with zero attached hydrogens (tertiary/aromatic N) is 1. The molecule has 0 bridgehead atoms. The zero-order chi connectivity index (χ0) is 6.69. The second-order valence-electron chi connectivity index (χ2n) is 1.49. The summed E-state index contributed by atoms with van der Waals surface area (Å²) in [5, 5.41) is 0. The molecule has 3 nitrogen and oxygen atoms in total. The minimum atomic E-state index is -0.583. The van der Waals surface area contributed by atoms with Gasteiger partial charge in [-0.15, -0.1) is 0 Å². The summed E-state index contributed by atoms with van der Waals surface area (Å²) in [7, 11) is 0. The van der Waals surface area contributed by atoms with Crippen molar-refractivity contribution in [3.63, 3.8) is 0 Å². The maximum absolute atomic E-state index is 12.3. The monoisotopic (exact) mass is 127 g/mol. The molecule has 1 heterocycles. The van der Waals surface area contributed by atoms with Crippen LogP contribution in [-0.4, -0.2) is 4.98 Å². The number of pyridine rings is 1. The first kappa shape index (κ1) is 5.97. The van der Waals surface area contributed by atoms with Gasteiger partial charge in [-0.1, -0.05) is 0 Å². The fraction of sp³-hybridized carbons (Fsp3) is 0. The molecular weight excluding hydrogens is 121 g/mol. The number of hydrogen-bond donors (Lipinski definition) is 2. The molecule has 1 aromatic heterocycles. The molecule has 1 rings (SSSR count). The van der Waals surface area contributed by atoms with Crippen LogP contribution in [0.4, 0.5) is 10.1 Å². The Bertz CT molecular complexity index is 201. The Kier molecular flexibility index (Phi) is 1.60. The van der Waals surface area contributed by atoms with Crippen molar-refractivity contribution in [2.75, 3.05) is 5.43 Å². The lowest BCUT2D eigenvalue weighted by molar-refractivity contribution is 0.587. The lowest BCUT2D eigenvalue weighted by atomic mass is 10.4. The second-order valence-corrected chi connectivity index (χ2v) is 1.49. The SMILES string of the molecule is NNc1cccnc1F. The van der Waals surface area contributed by atoms with Crippen molar-refractivity contribution in [3.8, 4) is 0 Å². The van der Waals surface area contributed by atoms with Crippen molar-refractivity contribution in [1.29, 1.82) is 0 Å². The quantitative estimate of drug-likeness (QED) is 0.328. The van der Waals surface area contributed by atoms with Crippen LogP contribution in [0.3, 0.4) is 0 Å². The van der Waals surface area contributed by atoms with Crippen LogP contribution in [-0.2, 0) is 0 Å². The van der Waals surface area contributed by atoms with Crippen LogP contribution in [0.15, 0.2) is 18.3 Å². The number of hydrogen-bond acceptors (Lipinski definition) is 3. The maximum Gasteiger partial charge on any atom is 0.237 e. The molecule has 0 spiro atoms. The van der Waals surface area contributed by atoms with Gasteiger partial charge in [0.15, 0.2) is 0 Å². The predicted molar refractivity (Wildman–Crippen MR) is 32.0 cm³/mol. The van der Waals surface area contributed by atoms with E-state index in [0.717, 1.165) is 0 Å². The summed E-state index contributed by atoms with van der Waals surface area (Å²) in [6, 6.07) is 3.10. The van der Waals surface area contributed by atoms with Gasteiger partial charge in [0, 0.05) is 6.20 Å². The molecule has 0 aliphatic rings. The molecule has 0 radical (unpaired) electrons. The predicted octanol–water partition coefficient (Wildman–Crippen LogP) is 0.506. The molecule has 0 amide bonds. The van der Waals surface area contributed by atoms with Crippen LogP contribution in [0.5, 0.6) is 0 Å². The van der Waals surface area contributed by atoms with E-state index in [1.807, 2.05) is 0 Å². The lowest BCUT2D eigenvalue weighted by Gasteiger charge is -1.96. The van der Waals surface area contributed by atoms with Crippen molar-refractivity contribution < 1.29 is 4.39 Å². The molecule has 3 N–H and O–H groups in total. The third-order valence-electron chi connectivity index (χ3n) is 0.915. The number of nitrogen functional groups attached to an aromatic ring is 1. The second kappa shape index (κ2) is 2.41. The minimum absolute atomic E-state index is 0.206. The minimum Gasteiger partial charge on any atom is -0.320 e. The lowest BCUT2D eigenvalue weighted by Crippen LogP contribution is -2.08. The van der Waals surface area contributed by atoms with Gasteiger partial charge in [0.25, 0.3) is 0 Å². The van der Waals surface area contributed by atoms with Crippen molar-refractivity contribution in [3.05, 3.63) is 24.3 Å². The molecule has 0 aromatic carbocycles. The summed E-state index contributed by atoms with van der Waals surface area (Å²) in [5.41, 5.74) is 2.36. The van der Waals surface area contributed by atoms with Crippen LogP contribution in [0, 0.1) is 5.95 Å². The highest BCUT2D eigenvalue weighted by atomic mass is 19.1. The smallest absolute Gasteiger partial charge is 0.237 e. The van der Waals surface area contributed by atoms with E-state index in [-0.39, 0.29) is 5.69 Å². The zero-order valence-corrected chi connectivity index (χ0v) is 4.63. The highest BCUT2D eigenvalue weighted by Crippen LogP contribution is 2.05. The zero-order valence-electron chi connectivity index (χ0n) is 4.63. The Morgan fingerprint density at radius 2 is 2.44 bits per heavy atom. The summed E-state index contributed by atoms with van der Waals surface area (Å²) < 4.78 is 12.3. The van der Waals surface area contributed by atoms with E-state index in [4.69, 9.17) is 5.84 Å². The van der Waals surface area contributed by atoms with Gasteiger partial charge < -0.3 is 5.43 Å². The van der Waals surface area contributed by atoms with Gasteiger partial charge in [-0.25, -0.2) is 4.98 Å². The number of nitrogens with two attached hydrogens (primary N) is 1. The van der Waals surface area contributed by atoms with Crippen LogP contribution >= 0.6 is 0 Å². The van der Waals surface area contributed by atoms with E-state index in [1.54, 1.807) is 6.07 Å². The fourth-order valence-corrected chi connectivity index (χ4v) is 0.494. The third kappa shape index (κ3) is 1.14. The summed E-state index contributed by atoms with van der Waals surface area (Å²) in [5.74, 6) is 4.34. The van der Waals surface area contributed by atoms with E-state index in [2.05, 4.69) is 10.4 Å². The van der Waals surface area contributed by atoms with Gasteiger partial charge in [0.1, 0.15) is 5.69 Å². The fourth-order valence-electron chi connectivity index (χ4n) is 0.494. The van der Waals surface area contributed by atoms with Gasteiger partial charge in [0.2, 0.25) is 5.95 Å². The largest absolute Gasteiger partial charge is 0.320 e. The molecule has 0 fully saturated rings. The van der Waals surface area contributed by atoms with Crippen molar-refractivity contribution >= 4 is 5.69 Å². The third-order valence-corrected chi connectivity index (χ3v) is 0.915. The number of anilines is 1. The molecule has 0 atom stereocenters. The summed E-state index contributed by atoms with van der Waals surface area (Å²) in [4.78, 5) is 3.34. The Hall–Kier alpha value is -1.16. The summed E-state index contributed by atoms with van der Waals surface area (Å²) >= 11 is 0. The number of hydrazine groups is 1. The van der Waals surface area contributed by atoms with E-state index in [1.165, 1.54) is 12.3 Å². The van der Waals surface area contributed by atoms with E-state index in [9.17, 15) is 4.39 Å². The number of aromatic nitrogens is 1. The highest BCUT2D eigenvalue weighted by molar-refractivity contribution is 5.39. The van der Waals surface area contributed by atoms with E-state index in [0.29, 0.717) is 0 Å². The Labute approximate surface area is 51.7 Å². The molecule has 0 aliphatic carbocycles.